The zero-order valence-electron chi connectivity index (χ0n) is 17.0. The van der Waals surface area contributed by atoms with Crippen LogP contribution in [0.25, 0.3) is 10.8 Å². The predicted molar refractivity (Wildman–Crippen MR) is 129 cm³/mol. The number of halogens is 2. The van der Waals surface area contributed by atoms with Crippen LogP contribution < -0.4 is 4.74 Å². The number of hydrogen-bond donors (Lipinski definition) is 0. The van der Waals surface area contributed by atoms with Crippen molar-refractivity contribution in [1.82, 2.24) is 0 Å². The Kier molecular flexibility index (Phi) is 7.16. The molecule has 27 heavy (non-hydrogen) atoms. The van der Waals surface area contributed by atoms with Gasteiger partial charge in [-0.3, -0.25) is 0 Å². The minimum atomic E-state index is 0.364. The van der Waals surface area contributed by atoms with Crippen molar-refractivity contribution in [3.8, 4) is 5.75 Å². The average Bonchev–Trinajstić information content (AvgIpc) is 2.63. The van der Waals surface area contributed by atoms with E-state index in [4.69, 9.17) is 4.74 Å². The molecule has 1 aliphatic carbocycles. The highest BCUT2D eigenvalue weighted by atomic mass is 127. The van der Waals surface area contributed by atoms with E-state index in [1.165, 1.54) is 52.9 Å². The zero-order chi connectivity index (χ0) is 19.6. The highest BCUT2D eigenvalue weighted by molar-refractivity contribution is 14.1. The Morgan fingerprint density at radius 3 is 2.48 bits per heavy atom. The maximum atomic E-state index is 6.46. The van der Waals surface area contributed by atoms with Crippen LogP contribution in [0.1, 0.15) is 66.2 Å². The molecular weight excluding hydrogens is 511 g/mol. The molecule has 0 saturated heterocycles. The van der Waals surface area contributed by atoms with Gasteiger partial charge < -0.3 is 4.74 Å². The van der Waals surface area contributed by atoms with Crippen LogP contribution in [0, 0.1) is 20.8 Å². The van der Waals surface area contributed by atoms with Gasteiger partial charge in [-0.15, -0.1) is 0 Å². The molecule has 2 aromatic carbocycles. The maximum absolute atomic E-state index is 6.46. The maximum Gasteiger partial charge on any atom is 0.133 e. The lowest BCUT2D eigenvalue weighted by molar-refractivity contribution is 0.0720. The third kappa shape index (κ3) is 5.41. The van der Waals surface area contributed by atoms with Crippen LogP contribution in [0.3, 0.4) is 0 Å². The summed E-state index contributed by atoms with van der Waals surface area (Å²) in [6.07, 6.45) is 8.02. The average molecular weight is 543 g/mol. The third-order valence-corrected chi connectivity index (χ3v) is 7.93. The van der Waals surface area contributed by atoms with Gasteiger partial charge in [0, 0.05) is 4.47 Å². The summed E-state index contributed by atoms with van der Waals surface area (Å²) in [5, 5.41) is 2.54. The van der Waals surface area contributed by atoms with Crippen molar-refractivity contribution in [1.29, 1.82) is 0 Å². The Bertz CT molecular complexity index is 775. The van der Waals surface area contributed by atoms with Crippen LogP contribution >= 0.6 is 38.5 Å². The summed E-state index contributed by atoms with van der Waals surface area (Å²) in [5.74, 6) is 2.69. The molecule has 0 aliphatic heterocycles. The minimum Gasteiger partial charge on any atom is -0.489 e. The van der Waals surface area contributed by atoms with Crippen molar-refractivity contribution in [3.63, 3.8) is 0 Å². The molecule has 3 rings (SSSR count). The van der Waals surface area contributed by atoms with Crippen molar-refractivity contribution in [3.05, 3.63) is 38.4 Å². The van der Waals surface area contributed by atoms with Gasteiger partial charge >= 0.3 is 0 Å². The van der Waals surface area contributed by atoms with E-state index in [0.717, 1.165) is 22.1 Å². The molecule has 0 N–H and O–H groups in total. The van der Waals surface area contributed by atoms with Crippen molar-refractivity contribution < 1.29 is 4.74 Å². The van der Waals surface area contributed by atoms with Gasteiger partial charge in [0.05, 0.1) is 9.67 Å². The molecule has 3 heteroatoms. The van der Waals surface area contributed by atoms with Gasteiger partial charge in [0.15, 0.2) is 0 Å². The molecule has 0 bridgehead atoms. The smallest absolute Gasteiger partial charge is 0.133 e. The first-order chi connectivity index (χ1) is 12.8. The van der Waals surface area contributed by atoms with Crippen molar-refractivity contribution in [2.75, 3.05) is 0 Å². The Balaban J connectivity index is 1.62. The number of benzene rings is 2. The van der Waals surface area contributed by atoms with Crippen LogP contribution in [-0.4, -0.2) is 6.10 Å². The first kappa shape index (κ1) is 21.4. The summed E-state index contributed by atoms with van der Waals surface area (Å²) in [4.78, 5) is 0. The van der Waals surface area contributed by atoms with E-state index in [9.17, 15) is 0 Å². The second kappa shape index (κ2) is 9.02. The molecule has 0 radical (unpaired) electrons. The highest BCUT2D eigenvalue weighted by Gasteiger charge is 2.33. The molecule has 2 aromatic rings. The molecule has 1 fully saturated rings. The van der Waals surface area contributed by atoms with Crippen LogP contribution in [0.5, 0.6) is 5.75 Å². The van der Waals surface area contributed by atoms with Gasteiger partial charge in [-0.1, -0.05) is 62.2 Å². The monoisotopic (exact) mass is 542 g/mol. The summed E-state index contributed by atoms with van der Waals surface area (Å²) in [6, 6.07) is 10.8. The van der Waals surface area contributed by atoms with Crippen LogP contribution in [0.2, 0.25) is 0 Å². The second-order valence-corrected chi connectivity index (χ2v) is 11.3. The van der Waals surface area contributed by atoms with Crippen molar-refractivity contribution >= 4 is 49.3 Å². The fourth-order valence-corrected chi connectivity index (χ4v) is 5.52. The number of fused-ring (bicyclic) bond motifs is 1. The van der Waals surface area contributed by atoms with Gasteiger partial charge in [-0.2, -0.15) is 0 Å². The van der Waals surface area contributed by atoms with Gasteiger partial charge in [0.25, 0.3) is 0 Å². The van der Waals surface area contributed by atoms with Gasteiger partial charge in [0.1, 0.15) is 5.75 Å². The van der Waals surface area contributed by atoms with Gasteiger partial charge in [-0.25, -0.2) is 0 Å². The lowest BCUT2D eigenvalue weighted by Gasteiger charge is -2.40. The fraction of sp³-hybridized carbons (Fsp3) is 0.583. The summed E-state index contributed by atoms with van der Waals surface area (Å²) in [6.45, 7) is 9.63. The van der Waals surface area contributed by atoms with E-state index in [1.807, 2.05) is 0 Å². The molecule has 1 aliphatic rings. The van der Waals surface area contributed by atoms with E-state index in [2.05, 4.69) is 96.5 Å². The zero-order valence-corrected chi connectivity index (χ0v) is 20.8. The molecule has 0 heterocycles. The Morgan fingerprint density at radius 2 is 1.81 bits per heavy atom. The minimum absolute atomic E-state index is 0.364. The predicted octanol–water partition coefficient (Wildman–Crippen LogP) is 8.61. The molecule has 0 unspecified atom stereocenters. The van der Waals surface area contributed by atoms with Gasteiger partial charge in [-0.05, 0) is 101 Å². The second-order valence-electron chi connectivity index (χ2n) is 9.26. The van der Waals surface area contributed by atoms with Gasteiger partial charge in [0.2, 0.25) is 0 Å². The topological polar surface area (TPSA) is 9.23 Å². The fourth-order valence-electron chi connectivity index (χ4n) is 4.34. The molecule has 1 nitrogen and oxygen atoms in total. The number of ether oxygens (including phenoxy) is 1. The van der Waals surface area contributed by atoms with E-state index < -0.39 is 0 Å². The SMILES string of the molecule is CC(C)CCC(C)(C)C1CCC(Oc2ccc3cc(Br)ccc3c2I)CC1. The largest absolute Gasteiger partial charge is 0.489 e. The molecule has 0 aromatic heterocycles. The lowest BCUT2D eigenvalue weighted by Crippen LogP contribution is -2.32. The summed E-state index contributed by atoms with van der Waals surface area (Å²) < 4.78 is 8.82. The summed E-state index contributed by atoms with van der Waals surface area (Å²) in [5.41, 5.74) is 0.458. The molecular formula is C24H32BrIO. The highest BCUT2D eigenvalue weighted by Crippen LogP contribution is 2.43. The Hall–Kier alpha value is -0.290. The summed E-state index contributed by atoms with van der Waals surface area (Å²) in [7, 11) is 0. The van der Waals surface area contributed by atoms with E-state index in [1.54, 1.807) is 0 Å². The third-order valence-electron chi connectivity index (χ3n) is 6.32. The van der Waals surface area contributed by atoms with E-state index in [0.29, 0.717) is 11.5 Å². The molecule has 1 saturated carbocycles. The molecule has 148 valence electrons. The Morgan fingerprint density at radius 1 is 1.11 bits per heavy atom. The first-order valence-corrected chi connectivity index (χ1v) is 12.2. The summed E-state index contributed by atoms with van der Waals surface area (Å²) >= 11 is 6.00. The first-order valence-electron chi connectivity index (χ1n) is 10.3. The quantitative estimate of drug-likeness (QED) is 0.332. The van der Waals surface area contributed by atoms with Crippen molar-refractivity contribution in [2.45, 2.75) is 72.3 Å². The number of rotatable bonds is 6. The molecule has 0 spiro atoms. The Labute approximate surface area is 186 Å². The standard InChI is InChI=1S/C24H32BrIO/c1-16(2)13-14-24(3,4)18-6-9-20(10-7-18)27-22-12-5-17-15-19(25)8-11-21(17)23(22)26/h5,8,11-12,15-16,18,20H,6-7,9-10,13-14H2,1-4H3. The lowest BCUT2D eigenvalue weighted by atomic mass is 9.68. The molecule has 0 atom stereocenters. The normalized spacial score (nSPS) is 21.0. The van der Waals surface area contributed by atoms with Crippen molar-refractivity contribution in [2.24, 2.45) is 17.3 Å². The van der Waals surface area contributed by atoms with Crippen LogP contribution in [-0.2, 0) is 0 Å². The van der Waals surface area contributed by atoms with Crippen LogP contribution in [0.4, 0.5) is 0 Å². The van der Waals surface area contributed by atoms with E-state index >= 15 is 0 Å². The van der Waals surface area contributed by atoms with Crippen LogP contribution in [0.15, 0.2) is 34.8 Å². The molecule has 0 amide bonds. The number of hydrogen-bond acceptors (Lipinski definition) is 1. The van der Waals surface area contributed by atoms with E-state index in [-0.39, 0.29) is 0 Å².